The van der Waals surface area contributed by atoms with Gasteiger partial charge in [-0.15, -0.1) is 6.58 Å². The van der Waals surface area contributed by atoms with Gasteiger partial charge in [0, 0.05) is 39.5 Å². The topological polar surface area (TPSA) is 6.48 Å². The van der Waals surface area contributed by atoms with E-state index < -0.39 is 16.2 Å². The average Bonchev–Trinajstić information content (AvgIpc) is 1.51. The first-order valence-corrected chi connectivity index (χ1v) is 38.3. The molecule has 5 aliphatic carbocycles. The van der Waals surface area contributed by atoms with Gasteiger partial charge in [0.2, 0.25) is 0 Å². The molecule has 520 valence electrons. The zero-order valence-corrected chi connectivity index (χ0v) is 61.5. The van der Waals surface area contributed by atoms with Crippen LogP contribution in [0.3, 0.4) is 0 Å². The normalized spacial score (nSPS) is 17.3. The molecule has 0 saturated heterocycles. The summed E-state index contributed by atoms with van der Waals surface area (Å²) in [6, 6.07) is 133. The minimum absolute atomic E-state index is 0.172. The monoisotopic (exact) mass is 1400 g/mol. The standard InChI is InChI=1S/C108H78N2/c1-6-72-36-46-79(47-37-72)106(80-48-38-73(7-2)39-49-80)98-33-21-19-31-92(98)96-68-85(59-63-101(96)106)109(83-52-42-77(43-53-83)75-24-12-10-13-25-75)87-57-61-94-90-29-17-22-34-99(90)108(103(94)70-87)100-35-23-18-30-91(100)95-62-58-88(71-104(95)108)110(84-54-44-78(45-55-84)76-26-14-11-15-27-76)86-56-60-93-89-28-16-20-32-97(89)107(102(93)69-86,81-50-40-74(8-3)41-51-81)82-64-66-105(5,9-4)67-65-82/h6-66,68-71H,1-4,67H2,5H3. The minimum Gasteiger partial charge on any atom is -0.310 e. The molecule has 2 nitrogen and oxygen atoms in total. The van der Waals surface area contributed by atoms with Crippen molar-refractivity contribution in [1.82, 2.24) is 0 Å². The molecular formula is C108H78N2. The summed E-state index contributed by atoms with van der Waals surface area (Å²) in [5, 5.41) is 0. The highest BCUT2D eigenvalue weighted by molar-refractivity contribution is 5.99. The highest BCUT2D eigenvalue weighted by Gasteiger charge is 2.54. The van der Waals surface area contributed by atoms with E-state index in [1.807, 2.05) is 18.2 Å². The SMILES string of the molecule is C=Cc1ccc(C2(C3=CCC(C)(C=C)C=C3)c3ccccc3-c3ccc(N(c4ccc(-c5ccccc5)cc4)c4ccc5c(c4)C4(c6ccccc6-c6ccc(N(c7ccc(-c8ccccc8)cc7)c7ccc8c(c7)-c7ccccc7C8(c7ccc(C=C)cc7)c7ccc(C=C)cc7)cc64)c4ccccc4-5)cc32)cc1. The molecule has 3 unspecified atom stereocenters. The molecule has 0 bridgehead atoms. The molecule has 0 N–H and O–H groups in total. The van der Waals surface area contributed by atoms with Crippen LogP contribution >= 0.6 is 0 Å². The first-order chi connectivity index (χ1) is 54.2. The van der Waals surface area contributed by atoms with Crippen LogP contribution < -0.4 is 9.80 Å². The maximum absolute atomic E-state index is 4.32. The lowest BCUT2D eigenvalue weighted by Gasteiger charge is -2.38. The fourth-order valence-electron chi connectivity index (χ4n) is 19.3. The molecular weight excluding hydrogens is 1330 g/mol. The number of hydrogen-bond acceptors (Lipinski definition) is 2. The molecule has 5 aliphatic rings. The first kappa shape index (κ1) is 65.8. The van der Waals surface area contributed by atoms with Crippen molar-refractivity contribution in [3.63, 3.8) is 0 Å². The van der Waals surface area contributed by atoms with Crippen molar-refractivity contribution in [3.8, 4) is 66.8 Å². The van der Waals surface area contributed by atoms with E-state index in [4.69, 9.17) is 0 Å². The molecule has 0 aromatic heterocycles. The summed E-state index contributed by atoms with van der Waals surface area (Å²) in [6.45, 7) is 19.1. The lowest BCUT2D eigenvalue weighted by molar-refractivity contribution is 0.547. The van der Waals surface area contributed by atoms with E-state index in [9.17, 15) is 0 Å². The number of anilines is 6. The Morgan fingerprint density at radius 3 is 0.964 bits per heavy atom. The van der Waals surface area contributed by atoms with E-state index in [-0.39, 0.29) is 5.41 Å². The summed E-state index contributed by atoms with van der Waals surface area (Å²) in [5.74, 6) is 0. The summed E-state index contributed by atoms with van der Waals surface area (Å²) in [5.41, 5.74) is 36.7. The third kappa shape index (κ3) is 9.82. The molecule has 0 radical (unpaired) electrons. The molecule has 15 aromatic rings. The van der Waals surface area contributed by atoms with Crippen molar-refractivity contribution in [3.05, 3.63) is 486 Å². The molecule has 0 saturated carbocycles. The van der Waals surface area contributed by atoms with Crippen molar-refractivity contribution < 1.29 is 0 Å². The van der Waals surface area contributed by atoms with Gasteiger partial charge in [-0.2, -0.15) is 0 Å². The summed E-state index contributed by atoms with van der Waals surface area (Å²) in [7, 11) is 0. The molecule has 110 heavy (non-hydrogen) atoms. The molecule has 15 aromatic carbocycles. The van der Waals surface area contributed by atoms with Gasteiger partial charge in [0.05, 0.1) is 16.2 Å². The molecule has 2 heteroatoms. The minimum atomic E-state index is -0.750. The predicted molar refractivity (Wildman–Crippen MR) is 462 cm³/mol. The Bertz CT molecular complexity index is 6250. The van der Waals surface area contributed by atoms with Crippen LogP contribution in [0.2, 0.25) is 0 Å². The summed E-state index contributed by atoms with van der Waals surface area (Å²) >= 11 is 0. The van der Waals surface area contributed by atoms with Gasteiger partial charge in [0.1, 0.15) is 0 Å². The van der Waals surface area contributed by atoms with Crippen molar-refractivity contribution in [2.24, 2.45) is 5.41 Å². The lowest BCUT2D eigenvalue weighted by atomic mass is 9.64. The first-order valence-electron chi connectivity index (χ1n) is 38.3. The highest BCUT2D eigenvalue weighted by atomic mass is 15.1. The Labute approximate surface area is 645 Å². The van der Waals surface area contributed by atoms with Gasteiger partial charge in [-0.3, -0.25) is 0 Å². The quantitative estimate of drug-likeness (QED) is 0.0890. The summed E-state index contributed by atoms with van der Waals surface area (Å²) in [6.07, 6.45) is 16.0. The second-order valence-electron chi connectivity index (χ2n) is 30.2. The highest BCUT2D eigenvalue weighted by Crippen LogP contribution is 2.66. The Morgan fingerprint density at radius 2 is 0.573 bits per heavy atom. The number of nitrogens with zero attached hydrogens (tertiary/aromatic N) is 2. The predicted octanol–water partition coefficient (Wildman–Crippen LogP) is 28.0. The Balaban J connectivity index is 0.801. The van der Waals surface area contributed by atoms with Crippen LogP contribution in [0.15, 0.2) is 408 Å². The van der Waals surface area contributed by atoms with Crippen LogP contribution in [-0.2, 0) is 16.2 Å². The zero-order chi connectivity index (χ0) is 73.9. The van der Waals surface area contributed by atoms with E-state index >= 15 is 0 Å². The largest absolute Gasteiger partial charge is 0.310 e. The second-order valence-corrected chi connectivity index (χ2v) is 30.2. The molecule has 0 fully saturated rings. The third-order valence-electron chi connectivity index (χ3n) is 24.7. The van der Waals surface area contributed by atoms with Gasteiger partial charge < -0.3 is 9.80 Å². The lowest BCUT2D eigenvalue weighted by Crippen LogP contribution is -2.31. The van der Waals surface area contributed by atoms with Crippen LogP contribution in [0.5, 0.6) is 0 Å². The Hall–Kier alpha value is -13.7. The van der Waals surface area contributed by atoms with E-state index in [0.29, 0.717) is 0 Å². The molecule has 0 aliphatic heterocycles. The van der Waals surface area contributed by atoms with Crippen molar-refractivity contribution in [2.75, 3.05) is 9.80 Å². The zero-order valence-electron chi connectivity index (χ0n) is 61.5. The fraction of sp³-hybridized carbons (Fsp3) is 0.0556. The third-order valence-corrected chi connectivity index (χ3v) is 24.7. The maximum Gasteiger partial charge on any atom is 0.0727 e. The Kier molecular flexibility index (Phi) is 15.4. The summed E-state index contributed by atoms with van der Waals surface area (Å²) in [4.78, 5) is 5.02. The van der Waals surface area contributed by atoms with Crippen LogP contribution in [0.1, 0.15) is 91.2 Å². The smallest absolute Gasteiger partial charge is 0.0727 e. The maximum atomic E-state index is 4.32. The average molecular weight is 1400 g/mol. The molecule has 0 heterocycles. The van der Waals surface area contributed by atoms with Gasteiger partial charge in [-0.05, 0) is 229 Å². The number of hydrogen-bond donors (Lipinski definition) is 0. The van der Waals surface area contributed by atoms with Crippen LogP contribution in [0, 0.1) is 5.41 Å². The molecule has 1 spiro atoms. The van der Waals surface area contributed by atoms with Crippen molar-refractivity contribution in [1.29, 1.82) is 0 Å². The number of benzene rings is 15. The molecule has 3 atom stereocenters. The Morgan fingerprint density at radius 1 is 0.264 bits per heavy atom. The van der Waals surface area contributed by atoms with E-state index in [2.05, 4.69) is 419 Å². The second kappa shape index (κ2) is 25.8. The van der Waals surface area contributed by atoms with Crippen LogP contribution in [0.25, 0.3) is 85.0 Å². The van der Waals surface area contributed by atoms with Crippen molar-refractivity contribution in [2.45, 2.75) is 29.6 Å². The summed E-state index contributed by atoms with van der Waals surface area (Å²) < 4.78 is 0. The molecule has 20 rings (SSSR count). The van der Waals surface area contributed by atoms with Gasteiger partial charge in [-0.25, -0.2) is 0 Å². The van der Waals surface area contributed by atoms with Gasteiger partial charge >= 0.3 is 0 Å². The van der Waals surface area contributed by atoms with E-state index in [0.717, 1.165) is 68.4 Å². The molecule has 0 amide bonds. The van der Waals surface area contributed by atoms with Gasteiger partial charge in [-0.1, -0.05) is 348 Å². The number of allylic oxidation sites excluding steroid dienone is 5. The number of rotatable bonds is 16. The van der Waals surface area contributed by atoms with E-state index in [1.165, 1.54) is 122 Å². The van der Waals surface area contributed by atoms with E-state index in [1.54, 1.807) is 0 Å². The van der Waals surface area contributed by atoms with Gasteiger partial charge in [0.15, 0.2) is 0 Å². The van der Waals surface area contributed by atoms with Crippen LogP contribution in [-0.4, -0.2) is 0 Å². The van der Waals surface area contributed by atoms with Crippen molar-refractivity contribution >= 4 is 52.4 Å². The van der Waals surface area contributed by atoms with Crippen LogP contribution in [0.4, 0.5) is 34.1 Å². The van der Waals surface area contributed by atoms with Gasteiger partial charge in [0.25, 0.3) is 0 Å². The number of fused-ring (bicyclic) bond motifs is 16. The fourth-order valence-corrected chi connectivity index (χ4v) is 19.3.